The molecular weight excluding hydrogens is 987 g/mol. The van der Waals surface area contributed by atoms with E-state index in [-0.39, 0.29) is 35.4 Å². The molecule has 0 saturated heterocycles. The number of rotatable bonds is 58. The van der Waals surface area contributed by atoms with Gasteiger partial charge in [-0.25, -0.2) is 0 Å². The first kappa shape index (κ1) is 74.1. The maximum Gasteiger partial charge on any atom is 0.243 e. The highest BCUT2D eigenvalue weighted by Gasteiger charge is 2.27. The van der Waals surface area contributed by atoms with E-state index in [4.69, 9.17) is 28.7 Å². The molecule has 18 nitrogen and oxygen atoms in total. The molecule has 0 bridgehead atoms. The summed E-state index contributed by atoms with van der Waals surface area (Å²) in [6.07, 6.45) is 38.0. The first-order valence-electron chi connectivity index (χ1n) is 31.8. The summed E-state index contributed by atoms with van der Waals surface area (Å²) < 4.78 is 0. The van der Waals surface area contributed by atoms with E-state index >= 15 is 0 Å². The number of hydrogen-bond donors (Lipinski definition) is 11. The molecule has 0 aromatic rings. The predicted molar refractivity (Wildman–Crippen MR) is 319 cm³/mol. The number of primary amides is 1. The van der Waals surface area contributed by atoms with Crippen molar-refractivity contribution in [2.75, 3.05) is 39.3 Å². The van der Waals surface area contributed by atoms with Gasteiger partial charge in [0.15, 0.2) is 0 Å². The second-order valence-corrected chi connectivity index (χ2v) is 22.0. The Balaban J connectivity index is 4.50. The second kappa shape index (κ2) is 55.1. The van der Waals surface area contributed by atoms with Gasteiger partial charge in [0, 0.05) is 32.4 Å². The van der Waals surface area contributed by atoms with Crippen LogP contribution >= 0.6 is 0 Å². The summed E-state index contributed by atoms with van der Waals surface area (Å²) in [6.45, 7) is 5.45. The molecule has 0 saturated carbocycles. The number of amides is 7. The van der Waals surface area contributed by atoms with Crippen molar-refractivity contribution in [2.45, 2.75) is 301 Å². The van der Waals surface area contributed by atoms with Crippen molar-refractivity contribution in [1.82, 2.24) is 31.9 Å². The SMILES string of the molecule is CCCCCCCCCCCC(=O)N[C@@H](CCCCN)C(=O)NCCCCCCCCCCCC(=O)N[C@@H](CCCCN)C(=O)N[C@@H](CCCCN)C(=O)NCCCCCCCCCCCC(=O)N[C@@H](CCCCN)C(N)=O. The third-order valence-electron chi connectivity index (χ3n) is 14.7. The molecule has 0 heterocycles. The lowest BCUT2D eigenvalue weighted by Gasteiger charge is -2.23. The van der Waals surface area contributed by atoms with Gasteiger partial charge in [0.2, 0.25) is 41.4 Å². The van der Waals surface area contributed by atoms with Crippen LogP contribution in [-0.2, 0) is 33.6 Å². The zero-order valence-corrected chi connectivity index (χ0v) is 49.5. The Hall–Kier alpha value is -3.87. The summed E-state index contributed by atoms with van der Waals surface area (Å²) >= 11 is 0. The standard InChI is InChI=1S/C60H119N11O7/c1-2-3-4-5-6-9-14-20-25-42-55(73)69-51(38-28-32-45-62)58(76)66-48-35-22-17-12-8-11-16-21-26-43-56(74)70-53(40-30-34-47-64)60(78)71-52(39-29-33-46-63)59(77)67-49-36-23-18-13-7-10-15-19-24-41-54(72)68-50(57(65)75)37-27-31-44-61/h50-53H,2-49,61-64H2,1H3,(H2,65,75)(H,66,76)(H,67,77)(H,68,72)(H,69,73)(H,70,74)(H,71,78)/t50-,51-,52-,53-/m0/s1. The lowest BCUT2D eigenvalue weighted by atomic mass is 10.0. The van der Waals surface area contributed by atoms with E-state index in [0.717, 1.165) is 173 Å². The smallest absolute Gasteiger partial charge is 0.243 e. The molecule has 0 aromatic heterocycles. The molecule has 78 heavy (non-hydrogen) atoms. The fourth-order valence-electron chi connectivity index (χ4n) is 9.70. The quantitative estimate of drug-likeness (QED) is 0.0260. The molecule has 4 atom stereocenters. The summed E-state index contributed by atoms with van der Waals surface area (Å²) in [5, 5.41) is 17.8. The molecule has 0 aliphatic heterocycles. The Morgan fingerprint density at radius 3 is 0.859 bits per heavy atom. The van der Waals surface area contributed by atoms with Gasteiger partial charge in [0.25, 0.3) is 0 Å². The fourth-order valence-corrected chi connectivity index (χ4v) is 9.70. The summed E-state index contributed by atoms with van der Waals surface area (Å²) in [5.74, 6) is -1.52. The van der Waals surface area contributed by atoms with Crippen LogP contribution in [0.4, 0.5) is 0 Å². The molecular formula is C60H119N11O7. The Morgan fingerprint density at radius 1 is 0.295 bits per heavy atom. The van der Waals surface area contributed by atoms with Crippen LogP contribution in [-0.4, -0.2) is 105 Å². The zero-order chi connectivity index (χ0) is 57.5. The second-order valence-electron chi connectivity index (χ2n) is 22.0. The summed E-state index contributed by atoms with van der Waals surface area (Å²) in [4.78, 5) is 89.8. The van der Waals surface area contributed by atoms with E-state index in [9.17, 15) is 33.6 Å². The van der Waals surface area contributed by atoms with Gasteiger partial charge in [0.05, 0.1) is 0 Å². The molecule has 456 valence electrons. The van der Waals surface area contributed by atoms with Crippen molar-refractivity contribution in [3.63, 3.8) is 0 Å². The molecule has 0 aromatic carbocycles. The van der Waals surface area contributed by atoms with E-state index in [1.807, 2.05) is 0 Å². The zero-order valence-electron chi connectivity index (χ0n) is 49.5. The third-order valence-corrected chi connectivity index (χ3v) is 14.7. The fraction of sp³-hybridized carbons (Fsp3) is 0.883. The van der Waals surface area contributed by atoms with Gasteiger partial charge in [-0.05, 0) is 135 Å². The van der Waals surface area contributed by atoms with Crippen LogP contribution < -0.4 is 60.6 Å². The molecule has 0 rings (SSSR count). The normalized spacial score (nSPS) is 12.8. The minimum atomic E-state index is -0.748. The third kappa shape index (κ3) is 45.9. The van der Waals surface area contributed by atoms with Crippen LogP contribution in [0.5, 0.6) is 0 Å². The molecule has 7 amide bonds. The first-order chi connectivity index (χ1) is 37.9. The maximum atomic E-state index is 13.6. The molecule has 0 radical (unpaired) electrons. The summed E-state index contributed by atoms with van der Waals surface area (Å²) in [7, 11) is 0. The highest BCUT2D eigenvalue weighted by Crippen LogP contribution is 2.15. The van der Waals surface area contributed by atoms with Crippen LogP contribution in [0.1, 0.15) is 277 Å². The monoisotopic (exact) mass is 1110 g/mol. The minimum Gasteiger partial charge on any atom is -0.368 e. The molecule has 0 spiro atoms. The maximum absolute atomic E-state index is 13.6. The average Bonchev–Trinajstić information content (AvgIpc) is 3.42. The van der Waals surface area contributed by atoms with Crippen molar-refractivity contribution in [3.05, 3.63) is 0 Å². The van der Waals surface area contributed by atoms with E-state index in [1.165, 1.54) is 38.5 Å². The summed E-state index contributed by atoms with van der Waals surface area (Å²) in [5.41, 5.74) is 28.2. The van der Waals surface area contributed by atoms with Crippen LogP contribution in [0.25, 0.3) is 0 Å². The largest absolute Gasteiger partial charge is 0.368 e. The van der Waals surface area contributed by atoms with Crippen LogP contribution in [0.15, 0.2) is 0 Å². The predicted octanol–water partition coefficient (Wildman–Crippen LogP) is 7.88. The van der Waals surface area contributed by atoms with Crippen molar-refractivity contribution in [2.24, 2.45) is 28.7 Å². The van der Waals surface area contributed by atoms with Crippen molar-refractivity contribution < 1.29 is 33.6 Å². The topological polar surface area (TPSA) is 322 Å². The van der Waals surface area contributed by atoms with Gasteiger partial charge in [0.1, 0.15) is 24.2 Å². The van der Waals surface area contributed by atoms with Gasteiger partial charge >= 0.3 is 0 Å². The number of carbonyl (C=O) groups excluding carboxylic acids is 7. The molecule has 16 N–H and O–H groups in total. The van der Waals surface area contributed by atoms with E-state index in [1.54, 1.807) is 0 Å². The van der Waals surface area contributed by atoms with E-state index in [2.05, 4.69) is 38.8 Å². The number of carbonyl (C=O) groups is 7. The highest BCUT2D eigenvalue weighted by atomic mass is 16.2. The molecule has 0 aliphatic carbocycles. The van der Waals surface area contributed by atoms with Crippen molar-refractivity contribution in [3.8, 4) is 0 Å². The van der Waals surface area contributed by atoms with Gasteiger partial charge in [-0.3, -0.25) is 33.6 Å². The van der Waals surface area contributed by atoms with Crippen LogP contribution in [0.2, 0.25) is 0 Å². The molecule has 0 unspecified atom stereocenters. The van der Waals surface area contributed by atoms with Gasteiger partial charge in [-0.15, -0.1) is 0 Å². The minimum absolute atomic E-state index is 0.0398. The lowest BCUT2D eigenvalue weighted by Crippen LogP contribution is -2.53. The lowest BCUT2D eigenvalue weighted by molar-refractivity contribution is -0.132. The number of hydrogen-bond acceptors (Lipinski definition) is 11. The number of nitrogens with one attached hydrogen (secondary N) is 6. The van der Waals surface area contributed by atoms with Gasteiger partial charge in [-0.2, -0.15) is 0 Å². The van der Waals surface area contributed by atoms with Crippen LogP contribution in [0.3, 0.4) is 0 Å². The highest BCUT2D eigenvalue weighted by molar-refractivity contribution is 5.92. The summed E-state index contributed by atoms with van der Waals surface area (Å²) in [6, 6.07) is -2.61. The Morgan fingerprint density at radius 2 is 0.551 bits per heavy atom. The Bertz CT molecular complexity index is 1510. The number of nitrogens with two attached hydrogens (primary N) is 5. The van der Waals surface area contributed by atoms with E-state index < -0.39 is 30.1 Å². The van der Waals surface area contributed by atoms with E-state index in [0.29, 0.717) is 97.1 Å². The van der Waals surface area contributed by atoms with Crippen LogP contribution in [0, 0.1) is 0 Å². The first-order valence-corrected chi connectivity index (χ1v) is 31.8. The van der Waals surface area contributed by atoms with Gasteiger partial charge in [-0.1, -0.05) is 148 Å². The van der Waals surface area contributed by atoms with Crippen molar-refractivity contribution in [1.29, 1.82) is 0 Å². The van der Waals surface area contributed by atoms with Gasteiger partial charge < -0.3 is 60.6 Å². The molecule has 0 aliphatic rings. The average molecular weight is 1110 g/mol. The molecule has 0 fully saturated rings. The molecule has 18 heteroatoms. The number of unbranched alkanes of at least 4 members (excludes halogenated alkanes) is 28. The van der Waals surface area contributed by atoms with Crippen molar-refractivity contribution >= 4 is 41.4 Å². The Labute approximate surface area is 473 Å². The Kier molecular flexibility index (Phi) is 52.3.